The summed E-state index contributed by atoms with van der Waals surface area (Å²) in [5, 5.41) is 5.62. The van der Waals surface area contributed by atoms with Gasteiger partial charge in [0.25, 0.3) is 0 Å². The SMILES string of the molecule is O=C(CNCCS)NCCS. The van der Waals surface area contributed by atoms with Crippen LogP contribution in [0.2, 0.25) is 0 Å². The highest BCUT2D eigenvalue weighted by Gasteiger charge is 1.96. The van der Waals surface area contributed by atoms with Crippen molar-refractivity contribution in [3.05, 3.63) is 0 Å². The first-order valence-electron chi connectivity index (χ1n) is 3.50. The van der Waals surface area contributed by atoms with E-state index in [9.17, 15) is 4.79 Å². The van der Waals surface area contributed by atoms with Gasteiger partial charge in [-0.15, -0.1) is 0 Å². The molecule has 0 unspecified atom stereocenters. The molecule has 3 nitrogen and oxygen atoms in total. The maximum Gasteiger partial charge on any atom is 0.233 e. The summed E-state index contributed by atoms with van der Waals surface area (Å²) in [5.74, 6) is 1.44. The van der Waals surface area contributed by atoms with Crippen molar-refractivity contribution in [2.24, 2.45) is 0 Å². The van der Waals surface area contributed by atoms with Crippen molar-refractivity contribution < 1.29 is 4.79 Å². The molecule has 0 heterocycles. The molecule has 0 saturated heterocycles. The Morgan fingerprint density at radius 1 is 1.18 bits per heavy atom. The Hall–Kier alpha value is 0.130. The van der Waals surface area contributed by atoms with Gasteiger partial charge in [-0.05, 0) is 0 Å². The molecule has 0 atom stereocenters. The van der Waals surface area contributed by atoms with Crippen LogP contribution in [0.15, 0.2) is 0 Å². The normalized spacial score (nSPS) is 9.64. The van der Waals surface area contributed by atoms with Gasteiger partial charge in [0, 0.05) is 24.6 Å². The fourth-order valence-electron chi connectivity index (χ4n) is 0.539. The minimum absolute atomic E-state index is 0.0147. The van der Waals surface area contributed by atoms with Crippen LogP contribution in [0.3, 0.4) is 0 Å². The lowest BCUT2D eigenvalue weighted by Crippen LogP contribution is -2.35. The van der Waals surface area contributed by atoms with E-state index in [4.69, 9.17) is 0 Å². The van der Waals surface area contributed by atoms with E-state index in [-0.39, 0.29) is 5.91 Å². The van der Waals surface area contributed by atoms with Crippen molar-refractivity contribution in [3.8, 4) is 0 Å². The van der Waals surface area contributed by atoms with Gasteiger partial charge in [0.15, 0.2) is 0 Å². The van der Waals surface area contributed by atoms with E-state index in [1.807, 2.05) is 0 Å². The van der Waals surface area contributed by atoms with E-state index in [0.717, 1.165) is 12.3 Å². The van der Waals surface area contributed by atoms with E-state index < -0.39 is 0 Å². The minimum Gasteiger partial charge on any atom is -0.354 e. The smallest absolute Gasteiger partial charge is 0.233 e. The Bertz CT molecular complexity index is 111. The van der Waals surface area contributed by atoms with Gasteiger partial charge in [-0.1, -0.05) is 0 Å². The molecule has 0 aromatic carbocycles. The maximum absolute atomic E-state index is 10.8. The van der Waals surface area contributed by atoms with Gasteiger partial charge in [-0.3, -0.25) is 4.79 Å². The molecule has 66 valence electrons. The molecule has 0 radical (unpaired) electrons. The Morgan fingerprint density at radius 3 is 2.36 bits per heavy atom. The molecular formula is C6H14N2OS2. The molecule has 5 heteroatoms. The van der Waals surface area contributed by atoms with Crippen LogP contribution in [0.1, 0.15) is 0 Å². The first-order valence-corrected chi connectivity index (χ1v) is 4.77. The summed E-state index contributed by atoms with van der Waals surface area (Å²) < 4.78 is 0. The van der Waals surface area contributed by atoms with E-state index in [1.165, 1.54) is 0 Å². The molecule has 0 bridgehead atoms. The summed E-state index contributed by atoms with van der Waals surface area (Å²) >= 11 is 7.94. The zero-order chi connectivity index (χ0) is 8.53. The number of nitrogens with one attached hydrogen (secondary N) is 2. The molecule has 1 amide bonds. The molecule has 0 saturated carbocycles. The summed E-state index contributed by atoms with van der Waals surface area (Å²) in [5.41, 5.74) is 0. The fourth-order valence-corrected chi connectivity index (χ4v) is 0.809. The molecule has 0 aliphatic heterocycles. The first kappa shape index (κ1) is 11.1. The third-order valence-electron chi connectivity index (χ3n) is 1.01. The Morgan fingerprint density at radius 2 is 1.82 bits per heavy atom. The standard InChI is InChI=1S/C6H14N2OS2/c9-6(8-2-4-11)5-7-1-3-10/h7,10-11H,1-5H2,(H,8,9). The van der Waals surface area contributed by atoms with Crippen molar-refractivity contribution in [3.63, 3.8) is 0 Å². The summed E-state index contributed by atoms with van der Waals surface area (Å²) in [6.45, 7) is 1.76. The quantitative estimate of drug-likeness (QED) is 0.342. The highest BCUT2D eigenvalue weighted by atomic mass is 32.1. The zero-order valence-electron chi connectivity index (χ0n) is 6.34. The number of thiol groups is 2. The molecule has 0 aliphatic carbocycles. The second-order valence-electron chi connectivity index (χ2n) is 1.97. The topological polar surface area (TPSA) is 41.1 Å². The second-order valence-corrected chi connectivity index (χ2v) is 2.87. The average Bonchev–Trinajstić information content (AvgIpc) is 2.01. The van der Waals surface area contributed by atoms with Crippen LogP contribution in [0.4, 0.5) is 0 Å². The van der Waals surface area contributed by atoms with Gasteiger partial charge in [-0.25, -0.2) is 0 Å². The third-order valence-corrected chi connectivity index (χ3v) is 1.46. The lowest BCUT2D eigenvalue weighted by molar-refractivity contribution is -0.120. The van der Waals surface area contributed by atoms with E-state index in [0.29, 0.717) is 18.8 Å². The molecule has 2 N–H and O–H groups in total. The first-order chi connectivity index (χ1) is 5.31. The van der Waals surface area contributed by atoms with E-state index in [2.05, 4.69) is 35.9 Å². The van der Waals surface area contributed by atoms with Gasteiger partial charge < -0.3 is 10.6 Å². The van der Waals surface area contributed by atoms with Gasteiger partial charge in [0.1, 0.15) is 0 Å². The van der Waals surface area contributed by atoms with Crippen molar-refractivity contribution in [1.29, 1.82) is 0 Å². The van der Waals surface area contributed by atoms with Crippen LogP contribution >= 0.6 is 25.3 Å². The van der Waals surface area contributed by atoms with E-state index in [1.54, 1.807) is 0 Å². The van der Waals surface area contributed by atoms with Gasteiger partial charge in [0.2, 0.25) is 5.91 Å². The molecule has 0 spiro atoms. The zero-order valence-corrected chi connectivity index (χ0v) is 8.13. The highest BCUT2D eigenvalue weighted by Crippen LogP contribution is 1.71. The molecule has 0 aromatic heterocycles. The molecule has 0 rings (SSSR count). The Kier molecular flexibility index (Phi) is 8.33. The number of hydrogen-bond acceptors (Lipinski definition) is 4. The lowest BCUT2D eigenvalue weighted by atomic mass is 10.5. The lowest BCUT2D eigenvalue weighted by Gasteiger charge is -2.03. The van der Waals surface area contributed by atoms with Crippen molar-refractivity contribution in [2.75, 3.05) is 31.1 Å². The van der Waals surface area contributed by atoms with Gasteiger partial charge in [-0.2, -0.15) is 25.3 Å². The fraction of sp³-hybridized carbons (Fsp3) is 0.833. The van der Waals surface area contributed by atoms with E-state index >= 15 is 0 Å². The number of carbonyl (C=O) groups excluding carboxylic acids is 1. The predicted molar refractivity (Wildman–Crippen MR) is 53.6 cm³/mol. The largest absolute Gasteiger partial charge is 0.354 e. The average molecular weight is 194 g/mol. The van der Waals surface area contributed by atoms with Crippen molar-refractivity contribution in [1.82, 2.24) is 10.6 Å². The van der Waals surface area contributed by atoms with Crippen LogP contribution in [0.25, 0.3) is 0 Å². The van der Waals surface area contributed by atoms with Crippen molar-refractivity contribution >= 4 is 31.2 Å². The Labute approximate surface area is 78.1 Å². The summed E-state index contributed by atoms with van der Waals surface area (Å²) in [6.07, 6.45) is 0. The molecule has 0 fully saturated rings. The number of rotatable bonds is 6. The maximum atomic E-state index is 10.8. The van der Waals surface area contributed by atoms with Crippen LogP contribution in [-0.4, -0.2) is 37.0 Å². The molecule has 11 heavy (non-hydrogen) atoms. The third kappa shape index (κ3) is 8.03. The molecule has 0 aliphatic rings. The van der Waals surface area contributed by atoms with Crippen LogP contribution in [0.5, 0.6) is 0 Å². The number of amides is 1. The summed E-state index contributed by atoms with van der Waals surface area (Å²) in [4.78, 5) is 10.8. The minimum atomic E-state index is 0.0147. The predicted octanol–water partition coefficient (Wildman–Crippen LogP) is -0.448. The van der Waals surface area contributed by atoms with Crippen LogP contribution in [-0.2, 0) is 4.79 Å². The summed E-state index contributed by atoms with van der Waals surface area (Å²) in [7, 11) is 0. The number of carbonyl (C=O) groups is 1. The summed E-state index contributed by atoms with van der Waals surface area (Å²) in [6, 6.07) is 0. The van der Waals surface area contributed by atoms with Crippen molar-refractivity contribution in [2.45, 2.75) is 0 Å². The van der Waals surface area contributed by atoms with Gasteiger partial charge in [0.05, 0.1) is 6.54 Å². The van der Waals surface area contributed by atoms with Gasteiger partial charge >= 0.3 is 0 Å². The molecule has 0 aromatic rings. The number of hydrogen-bond donors (Lipinski definition) is 4. The van der Waals surface area contributed by atoms with Crippen LogP contribution in [0, 0.1) is 0 Å². The monoisotopic (exact) mass is 194 g/mol. The Balaban J connectivity index is 3.09. The van der Waals surface area contributed by atoms with Crippen LogP contribution < -0.4 is 10.6 Å². The second kappa shape index (κ2) is 8.23. The highest BCUT2D eigenvalue weighted by molar-refractivity contribution is 7.80. The molecular weight excluding hydrogens is 180 g/mol.